The Bertz CT molecular complexity index is 329. The van der Waals surface area contributed by atoms with Crippen LogP contribution in [0, 0.1) is 10.1 Å². The van der Waals surface area contributed by atoms with Gasteiger partial charge in [-0.25, -0.2) is 0 Å². The van der Waals surface area contributed by atoms with Crippen LogP contribution in [0.25, 0.3) is 0 Å². The minimum Gasteiger partial charge on any atom is -0.358 e. The van der Waals surface area contributed by atoms with Crippen LogP contribution < -0.4 is 0 Å². The van der Waals surface area contributed by atoms with Gasteiger partial charge in [-0.1, -0.05) is 19.3 Å². The Balaban J connectivity index is 2.11. The van der Waals surface area contributed by atoms with Gasteiger partial charge >= 0.3 is 5.82 Å². The van der Waals surface area contributed by atoms with Crippen LogP contribution in [-0.2, 0) is 0 Å². The van der Waals surface area contributed by atoms with E-state index in [-0.39, 0.29) is 5.82 Å². The summed E-state index contributed by atoms with van der Waals surface area (Å²) in [4.78, 5) is 13.7. The molecule has 0 saturated heterocycles. The first-order chi connectivity index (χ1) is 6.77. The van der Waals surface area contributed by atoms with Gasteiger partial charge in [-0.15, -0.1) is 0 Å². The monoisotopic (exact) mass is 195 g/mol. The third kappa shape index (κ3) is 1.76. The van der Waals surface area contributed by atoms with E-state index in [0.29, 0.717) is 6.04 Å². The first kappa shape index (κ1) is 9.18. The Morgan fingerprint density at radius 1 is 1.43 bits per heavy atom. The highest BCUT2D eigenvalue weighted by Gasteiger charge is 2.18. The van der Waals surface area contributed by atoms with E-state index in [0.717, 1.165) is 12.8 Å². The molecule has 1 aliphatic carbocycles. The average Bonchev–Trinajstić information content (AvgIpc) is 2.68. The maximum atomic E-state index is 10.4. The van der Waals surface area contributed by atoms with Crippen molar-refractivity contribution in [1.29, 1.82) is 0 Å². The molecule has 0 aromatic carbocycles. The lowest BCUT2D eigenvalue weighted by molar-refractivity contribution is -0.389. The molecule has 1 aromatic heterocycles. The van der Waals surface area contributed by atoms with Crippen LogP contribution in [0.5, 0.6) is 0 Å². The van der Waals surface area contributed by atoms with Gasteiger partial charge in [-0.2, -0.15) is 0 Å². The lowest BCUT2D eigenvalue weighted by Crippen LogP contribution is -2.10. The van der Waals surface area contributed by atoms with Crippen molar-refractivity contribution < 1.29 is 4.92 Å². The fourth-order valence-electron chi connectivity index (χ4n) is 2.00. The molecule has 1 aromatic rings. The predicted molar refractivity (Wildman–Crippen MR) is 51.0 cm³/mol. The molecular weight excluding hydrogens is 182 g/mol. The van der Waals surface area contributed by atoms with Crippen molar-refractivity contribution in [3.63, 3.8) is 0 Å². The van der Waals surface area contributed by atoms with Crippen LogP contribution in [0.15, 0.2) is 12.5 Å². The minimum atomic E-state index is -0.445. The van der Waals surface area contributed by atoms with Crippen molar-refractivity contribution in [2.45, 2.75) is 38.1 Å². The number of hydrogen-bond acceptors (Lipinski definition) is 3. The van der Waals surface area contributed by atoms with Gasteiger partial charge in [0.15, 0.2) is 0 Å². The summed E-state index contributed by atoms with van der Waals surface area (Å²) in [5, 5.41) is 10.4. The smallest absolute Gasteiger partial charge is 0.358 e. The van der Waals surface area contributed by atoms with Crippen LogP contribution in [0.2, 0.25) is 0 Å². The van der Waals surface area contributed by atoms with Crippen LogP contribution >= 0.6 is 0 Å². The van der Waals surface area contributed by atoms with Crippen molar-refractivity contribution >= 4 is 5.82 Å². The van der Waals surface area contributed by atoms with Gasteiger partial charge in [0, 0.05) is 6.04 Å². The number of hydrogen-bond donors (Lipinski definition) is 0. The van der Waals surface area contributed by atoms with Gasteiger partial charge in [-0.05, 0) is 22.7 Å². The second-order valence-electron chi connectivity index (χ2n) is 3.73. The van der Waals surface area contributed by atoms with E-state index in [9.17, 15) is 10.1 Å². The SMILES string of the molecule is O=[N+]([O-])c1cn(C2CCCCC2)cn1. The number of imidazole rings is 1. The minimum absolute atomic E-state index is 0.0458. The summed E-state index contributed by atoms with van der Waals surface area (Å²) in [6, 6.07) is 0.421. The first-order valence-electron chi connectivity index (χ1n) is 4.95. The molecule has 0 N–H and O–H groups in total. The van der Waals surface area contributed by atoms with E-state index < -0.39 is 4.92 Å². The highest BCUT2D eigenvalue weighted by Crippen LogP contribution is 2.28. The lowest BCUT2D eigenvalue weighted by atomic mass is 9.95. The normalized spacial score (nSPS) is 18.3. The zero-order chi connectivity index (χ0) is 9.97. The van der Waals surface area contributed by atoms with E-state index in [1.807, 2.05) is 4.57 Å². The van der Waals surface area contributed by atoms with E-state index in [1.165, 1.54) is 25.5 Å². The van der Waals surface area contributed by atoms with Crippen molar-refractivity contribution in [1.82, 2.24) is 9.55 Å². The average molecular weight is 195 g/mol. The summed E-state index contributed by atoms with van der Waals surface area (Å²) in [6.45, 7) is 0. The van der Waals surface area contributed by atoms with Crippen LogP contribution in [-0.4, -0.2) is 14.5 Å². The molecule has 0 atom stereocenters. The quantitative estimate of drug-likeness (QED) is 0.537. The topological polar surface area (TPSA) is 61.0 Å². The fourth-order valence-corrected chi connectivity index (χ4v) is 2.00. The van der Waals surface area contributed by atoms with Crippen molar-refractivity contribution in [2.75, 3.05) is 0 Å². The summed E-state index contributed by atoms with van der Waals surface area (Å²) >= 11 is 0. The first-order valence-corrected chi connectivity index (χ1v) is 4.95. The molecule has 5 nitrogen and oxygen atoms in total. The van der Waals surface area contributed by atoms with Crippen molar-refractivity contribution in [3.8, 4) is 0 Å². The molecule has 1 aliphatic rings. The number of rotatable bonds is 2. The third-order valence-corrected chi connectivity index (χ3v) is 2.77. The van der Waals surface area contributed by atoms with Gasteiger partial charge in [0.25, 0.3) is 0 Å². The molecule has 76 valence electrons. The van der Waals surface area contributed by atoms with Crippen molar-refractivity contribution in [2.24, 2.45) is 0 Å². The van der Waals surface area contributed by atoms with E-state index >= 15 is 0 Å². The Kier molecular flexibility index (Phi) is 2.47. The molecule has 14 heavy (non-hydrogen) atoms. The Labute approximate surface area is 81.9 Å². The van der Waals surface area contributed by atoms with Gasteiger partial charge in [0.1, 0.15) is 6.20 Å². The molecule has 0 unspecified atom stereocenters. The Morgan fingerprint density at radius 2 is 2.14 bits per heavy atom. The number of nitrogens with zero attached hydrogens (tertiary/aromatic N) is 3. The van der Waals surface area contributed by atoms with E-state index in [2.05, 4.69) is 4.98 Å². The predicted octanol–water partition coefficient (Wildman–Crippen LogP) is 2.30. The third-order valence-electron chi connectivity index (χ3n) is 2.77. The van der Waals surface area contributed by atoms with Gasteiger partial charge in [0.05, 0.1) is 0 Å². The molecule has 0 aliphatic heterocycles. The van der Waals surface area contributed by atoms with Gasteiger partial charge < -0.3 is 14.7 Å². The molecule has 0 spiro atoms. The summed E-state index contributed by atoms with van der Waals surface area (Å²) in [5.41, 5.74) is 0. The Morgan fingerprint density at radius 3 is 2.71 bits per heavy atom. The molecule has 2 rings (SSSR count). The summed E-state index contributed by atoms with van der Waals surface area (Å²) in [5.74, 6) is -0.0458. The maximum Gasteiger partial charge on any atom is 0.381 e. The van der Waals surface area contributed by atoms with Crippen LogP contribution in [0.4, 0.5) is 5.82 Å². The summed E-state index contributed by atoms with van der Waals surface area (Å²) in [7, 11) is 0. The molecule has 1 heterocycles. The zero-order valence-electron chi connectivity index (χ0n) is 7.93. The molecule has 1 fully saturated rings. The van der Waals surface area contributed by atoms with Gasteiger partial charge in [-0.3, -0.25) is 0 Å². The van der Waals surface area contributed by atoms with E-state index in [4.69, 9.17) is 0 Å². The zero-order valence-corrected chi connectivity index (χ0v) is 7.93. The van der Waals surface area contributed by atoms with Crippen LogP contribution in [0.3, 0.4) is 0 Å². The van der Waals surface area contributed by atoms with Crippen molar-refractivity contribution in [3.05, 3.63) is 22.6 Å². The largest absolute Gasteiger partial charge is 0.381 e. The molecule has 0 radical (unpaired) electrons. The highest BCUT2D eigenvalue weighted by molar-refractivity contribution is 5.13. The fraction of sp³-hybridized carbons (Fsp3) is 0.667. The molecule has 0 amide bonds. The number of aromatic nitrogens is 2. The molecule has 0 bridgehead atoms. The van der Waals surface area contributed by atoms with Crippen LogP contribution in [0.1, 0.15) is 38.1 Å². The standard InChI is InChI=1S/C9H13N3O2/c13-12(14)9-6-11(7-10-9)8-4-2-1-3-5-8/h6-8H,1-5H2. The second kappa shape index (κ2) is 3.77. The summed E-state index contributed by atoms with van der Waals surface area (Å²) in [6.07, 6.45) is 9.08. The number of nitro groups is 1. The summed E-state index contributed by atoms with van der Waals surface area (Å²) < 4.78 is 1.89. The molecule has 5 heteroatoms. The molecule has 1 saturated carbocycles. The Hall–Kier alpha value is -1.39. The lowest BCUT2D eigenvalue weighted by Gasteiger charge is -2.21. The van der Waals surface area contributed by atoms with Gasteiger partial charge in [0.2, 0.25) is 6.33 Å². The van der Waals surface area contributed by atoms with E-state index in [1.54, 1.807) is 6.33 Å². The highest BCUT2D eigenvalue weighted by atomic mass is 16.6. The second-order valence-corrected chi connectivity index (χ2v) is 3.73. The maximum absolute atomic E-state index is 10.4. The molecular formula is C9H13N3O2.